The normalized spacial score (nSPS) is 16.0. The van der Waals surface area contributed by atoms with E-state index in [1.807, 2.05) is 6.08 Å². The van der Waals surface area contributed by atoms with Crippen LogP contribution in [0.1, 0.15) is 17.2 Å². The minimum absolute atomic E-state index is 0.283. The molecule has 1 aliphatic heterocycles. The fourth-order valence-electron chi connectivity index (χ4n) is 3.34. The van der Waals surface area contributed by atoms with Crippen molar-refractivity contribution in [3.63, 3.8) is 0 Å². The Morgan fingerprint density at radius 2 is 1.33 bits per heavy atom. The Labute approximate surface area is 159 Å². The first-order valence-corrected chi connectivity index (χ1v) is 9.34. The Morgan fingerprint density at radius 3 is 1.81 bits per heavy atom. The molecule has 144 valence electrons. The van der Waals surface area contributed by atoms with Crippen LogP contribution in [-0.2, 0) is 4.74 Å². The minimum atomic E-state index is -0.340. The second-order valence-electron chi connectivity index (χ2n) is 6.78. The molecule has 0 bridgehead atoms. The molecule has 0 atom stereocenters. The van der Waals surface area contributed by atoms with Crippen molar-refractivity contribution in [2.45, 2.75) is 6.10 Å². The summed E-state index contributed by atoms with van der Waals surface area (Å²) in [5, 5.41) is 0. The fraction of sp³-hybridized carbons (Fsp3) is 0.364. The molecule has 3 nitrogen and oxygen atoms in total. The van der Waals surface area contributed by atoms with Crippen LogP contribution in [0.15, 0.2) is 61.2 Å². The molecule has 0 amide bonds. The molecule has 0 aliphatic carbocycles. The van der Waals surface area contributed by atoms with E-state index in [1.165, 1.54) is 24.3 Å². The SMILES string of the molecule is C=CCN1CCN(CCOC(c2ccc(F)cc2)c2ccc(F)cc2)CC1. The summed E-state index contributed by atoms with van der Waals surface area (Å²) in [7, 11) is 0. The maximum atomic E-state index is 13.3. The fourth-order valence-corrected chi connectivity index (χ4v) is 3.34. The van der Waals surface area contributed by atoms with Crippen molar-refractivity contribution in [1.82, 2.24) is 9.80 Å². The minimum Gasteiger partial charge on any atom is -0.367 e. The van der Waals surface area contributed by atoms with Gasteiger partial charge < -0.3 is 4.74 Å². The third-order valence-corrected chi connectivity index (χ3v) is 4.89. The Balaban J connectivity index is 1.59. The van der Waals surface area contributed by atoms with Crippen LogP contribution in [0.3, 0.4) is 0 Å². The van der Waals surface area contributed by atoms with Crippen LogP contribution in [-0.4, -0.2) is 55.7 Å². The average Bonchev–Trinajstić information content (AvgIpc) is 2.69. The second kappa shape index (κ2) is 9.74. The zero-order valence-electron chi connectivity index (χ0n) is 15.5. The quantitative estimate of drug-likeness (QED) is 0.654. The van der Waals surface area contributed by atoms with Crippen molar-refractivity contribution in [3.8, 4) is 0 Å². The lowest BCUT2D eigenvalue weighted by atomic mass is 10.0. The van der Waals surface area contributed by atoms with Crippen LogP contribution in [0, 0.1) is 11.6 Å². The van der Waals surface area contributed by atoms with Crippen LogP contribution in [0.2, 0.25) is 0 Å². The summed E-state index contributed by atoms with van der Waals surface area (Å²) in [4.78, 5) is 4.76. The number of rotatable bonds is 8. The predicted molar refractivity (Wildman–Crippen MR) is 104 cm³/mol. The molecule has 1 saturated heterocycles. The van der Waals surface area contributed by atoms with Crippen LogP contribution in [0.25, 0.3) is 0 Å². The van der Waals surface area contributed by atoms with E-state index in [4.69, 9.17) is 4.74 Å². The van der Waals surface area contributed by atoms with Crippen molar-refractivity contribution in [2.75, 3.05) is 45.9 Å². The van der Waals surface area contributed by atoms with Crippen LogP contribution in [0.5, 0.6) is 0 Å². The van der Waals surface area contributed by atoms with E-state index in [2.05, 4.69) is 16.4 Å². The largest absolute Gasteiger partial charge is 0.367 e. The standard InChI is InChI=1S/C22H26F2N2O/c1-2-11-25-12-14-26(15-13-25)16-17-27-22(18-3-7-20(23)8-4-18)19-5-9-21(24)10-6-19/h2-10,22H,1,11-17H2. The first-order chi connectivity index (χ1) is 13.2. The van der Waals surface area contributed by atoms with Gasteiger partial charge in [0.25, 0.3) is 0 Å². The summed E-state index contributed by atoms with van der Waals surface area (Å²) < 4.78 is 32.7. The molecule has 0 spiro atoms. The van der Waals surface area contributed by atoms with Gasteiger partial charge in [-0.3, -0.25) is 9.80 Å². The van der Waals surface area contributed by atoms with E-state index in [0.29, 0.717) is 6.61 Å². The Kier molecular flexibility index (Phi) is 7.10. The Hall–Kier alpha value is -2.08. The molecule has 27 heavy (non-hydrogen) atoms. The molecule has 0 aromatic heterocycles. The van der Waals surface area contributed by atoms with Gasteiger partial charge in [0.2, 0.25) is 0 Å². The summed E-state index contributed by atoms with van der Waals surface area (Å²) >= 11 is 0. The zero-order valence-corrected chi connectivity index (χ0v) is 15.5. The van der Waals surface area contributed by atoms with Crippen molar-refractivity contribution in [3.05, 3.63) is 83.9 Å². The first kappa shape index (κ1) is 19.7. The Bertz CT molecular complexity index is 665. The molecule has 3 rings (SSSR count). The highest BCUT2D eigenvalue weighted by Gasteiger charge is 2.18. The van der Waals surface area contributed by atoms with Crippen molar-refractivity contribution >= 4 is 0 Å². The van der Waals surface area contributed by atoms with E-state index in [9.17, 15) is 8.78 Å². The molecular weight excluding hydrogens is 346 g/mol. The summed E-state index contributed by atoms with van der Waals surface area (Å²) in [6, 6.07) is 12.6. The summed E-state index contributed by atoms with van der Waals surface area (Å²) in [6.45, 7) is 10.2. The van der Waals surface area contributed by atoms with Crippen LogP contribution < -0.4 is 0 Å². The van der Waals surface area contributed by atoms with E-state index in [1.54, 1.807) is 24.3 Å². The van der Waals surface area contributed by atoms with Gasteiger partial charge in [-0.1, -0.05) is 30.3 Å². The highest BCUT2D eigenvalue weighted by atomic mass is 19.1. The topological polar surface area (TPSA) is 15.7 Å². The highest BCUT2D eigenvalue weighted by Crippen LogP contribution is 2.26. The number of benzene rings is 2. The molecular formula is C22H26F2N2O. The number of hydrogen-bond donors (Lipinski definition) is 0. The lowest BCUT2D eigenvalue weighted by Gasteiger charge is -2.34. The maximum Gasteiger partial charge on any atom is 0.123 e. The van der Waals surface area contributed by atoms with Gasteiger partial charge in [0.05, 0.1) is 6.61 Å². The van der Waals surface area contributed by atoms with Gasteiger partial charge in [-0.15, -0.1) is 6.58 Å². The number of hydrogen-bond acceptors (Lipinski definition) is 3. The molecule has 0 saturated carbocycles. The molecule has 2 aromatic rings. The van der Waals surface area contributed by atoms with Crippen molar-refractivity contribution < 1.29 is 13.5 Å². The molecule has 0 N–H and O–H groups in total. The average molecular weight is 372 g/mol. The Morgan fingerprint density at radius 1 is 0.852 bits per heavy atom. The molecule has 1 fully saturated rings. The smallest absolute Gasteiger partial charge is 0.123 e. The molecule has 0 radical (unpaired) electrons. The van der Waals surface area contributed by atoms with Gasteiger partial charge >= 0.3 is 0 Å². The molecule has 0 unspecified atom stereocenters. The van der Waals surface area contributed by atoms with Gasteiger partial charge in [-0.05, 0) is 35.4 Å². The third-order valence-electron chi connectivity index (χ3n) is 4.89. The number of ether oxygens (including phenoxy) is 1. The molecule has 5 heteroatoms. The highest BCUT2D eigenvalue weighted by molar-refractivity contribution is 5.30. The van der Waals surface area contributed by atoms with Crippen LogP contribution in [0.4, 0.5) is 8.78 Å². The summed E-state index contributed by atoms with van der Waals surface area (Å²) in [5.74, 6) is -0.567. The maximum absolute atomic E-state index is 13.3. The summed E-state index contributed by atoms with van der Waals surface area (Å²) in [6.07, 6.45) is 1.60. The van der Waals surface area contributed by atoms with Crippen molar-refractivity contribution in [1.29, 1.82) is 0 Å². The van der Waals surface area contributed by atoms with Gasteiger partial charge in [-0.2, -0.15) is 0 Å². The number of nitrogens with zero attached hydrogens (tertiary/aromatic N) is 2. The van der Waals surface area contributed by atoms with E-state index in [-0.39, 0.29) is 17.7 Å². The molecule has 1 aliphatic rings. The predicted octanol–water partition coefficient (Wildman–Crippen LogP) is 3.87. The van der Waals surface area contributed by atoms with Gasteiger partial charge in [0.15, 0.2) is 0 Å². The first-order valence-electron chi connectivity index (χ1n) is 9.34. The number of piperazine rings is 1. The van der Waals surface area contributed by atoms with E-state index >= 15 is 0 Å². The monoisotopic (exact) mass is 372 g/mol. The third kappa shape index (κ3) is 5.70. The van der Waals surface area contributed by atoms with Crippen molar-refractivity contribution in [2.24, 2.45) is 0 Å². The summed E-state index contributed by atoms with van der Waals surface area (Å²) in [5.41, 5.74) is 1.72. The molecule has 1 heterocycles. The van der Waals surface area contributed by atoms with Gasteiger partial charge in [-0.25, -0.2) is 8.78 Å². The second-order valence-corrected chi connectivity index (χ2v) is 6.78. The number of halogens is 2. The van der Waals surface area contributed by atoms with Gasteiger partial charge in [0, 0.05) is 39.3 Å². The van der Waals surface area contributed by atoms with E-state index in [0.717, 1.165) is 50.4 Å². The zero-order chi connectivity index (χ0) is 19.1. The molecule has 2 aromatic carbocycles. The van der Waals surface area contributed by atoms with Gasteiger partial charge in [0.1, 0.15) is 17.7 Å². The van der Waals surface area contributed by atoms with Crippen LogP contribution >= 0.6 is 0 Å². The van der Waals surface area contributed by atoms with E-state index < -0.39 is 0 Å². The lowest BCUT2D eigenvalue weighted by molar-refractivity contribution is 0.0467. The lowest BCUT2D eigenvalue weighted by Crippen LogP contribution is -2.47.